The van der Waals surface area contributed by atoms with Gasteiger partial charge in [0.25, 0.3) is 0 Å². The first kappa shape index (κ1) is 52.2. The van der Waals surface area contributed by atoms with Gasteiger partial charge >= 0.3 is 18.1 Å². The van der Waals surface area contributed by atoms with E-state index in [4.69, 9.17) is 9.47 Å². The molecule has 0 saturated carbocycles. The molecule has 288 valence electrons. The molecule has 0 aliphatic carbocycles. The number of methoxy groups -OCH3 is 8. The Morgan fingerprint density at radius 3 is 1.02 bits per heavy atom. The molecule has 0 aromatic carbocycles. The van der Waals surface area contributed by atoms with Gasteiger partial charge < -0.3 is 75.8 Å². The Morgan fingerprint density at radius 2 is 0.708 bits per heavy atom. The minimum Gasteiger partial charge on any atom is -0.438 e. The van der Waals surface area contributed by atoms with Gasteiger partial charge in [0.1, 0.15) is 46.8 Å². The summed E-state index contributed by atoms with van der Waals surface area (Å²) in [5.74, 6) is -2.34. The number of Topliss-reactive ketones (excluding diaryl/α,β-unsaturated/α-hetero) is 1. The summed E-state index contributed by atoms with van der Waals surface area (Å²) in [6.45, 7) is -0.397. The Hall–Kier alpha value is -2.65. The van der Waals surface area contributed by atoms with Crippen LogP contribution in [0.5, 0.6) is 0 Å². The minimum absolute atomic E-state index is 0.0115. The van der Waals surface area contributed by atoms with Crippen LogP contribution in [0.2, 0.25) is 0 Å². The van der Waals surface area contributed by atoms with Gasteiger partial charge in [-0.2, -0.15) is 0 Å². The molecule has 0 saturated heterocycles. The van der Waals surface area contributed by atoms with Crippen molar-refractivity contribution in [2.45, 2.75) is 6.42 Å². The summed E-state index contributed by atoms with van der Waals surface area (Å²) < 4.78 is 94.4. The van der Waals surface area contributed by atoms with Gasteiger partial charge in [0.05, 0.1) is 0 Å². The van der Waals surface area contributed by atoms with Gasteiger partial charge in [-0.15, -0.1) is 0 Å². The van der Waals surface area contributed by atoms with E-state index >= 15 is 0 Å². The third-order valence-electron chi connectivity index (χ3n) is 3.41. The highest BCUT2D eigenvalue weighted by Gasteiger charge is 2.12. The lowest BCUT2D eigenvalue weighted by Crippen LogP contribution is -2.17. The second kappa shape index (κ2) is 42.4. The van der Waals surface area contributed by atoms with Crippen molar-refractivity contribution in [3.63, 3.8) is 0 Å². The molecule has 0 radical (unpaired) electrons. The van der Waals surface area contributed by atoms with Crippen molar-refractivity contribution in [1.29, 1.82) is 0 Å². The maximum absolute atomic E-state index is 11.0. The Morgan fingerprint density at radius 1 is 0.417 bits per heavy atom. The van der Waals surface area contributed by atoms with Crippen LogP contribution >= 0.6 is 0 Å². The monoisotopic (exact) mass is 734 g/mol. The van der Waals surface area contributed by atoms with E-state index in [1.165, 1.54) is 56.9 Å². The number of hydrogen-bond donors (Lipinski definition) is 0. The standard InChI is InChI=1S/C7H12O6.C7H14O5.C6H14O6S.C5H10O5/c1-10-4-12-6(8)3-7(9)13-5-11-2;1-9-5-11-3-7(8)4-12-6-10-2;1-9-3-11-5-13(7,8)6-12-4-10-2;1-7-3-9-5(6)10-4-8-2/h3-5H2,1-2H3;3-6H2,1-2H3;3-6H2,1-2H3;3-4H2,1-2H3. The maximum atomic E-state index is 11.0. The first-order chi connectivity index (χ1) is 22.9. The van der Waals surface area contributed by atoms with Gasteiger partial charge in [-0.1, -0.05) is 0 Å². The molecule has 0 atom stereocenters. The van der Waals surface area contributed by atoms with Gasteiger partial charge in [-0.25, -0.2) is 13.2 Å². The topological polar surface area (TPSA) is 250 Å². The average molecular weight is 735 g/mol. The number of carbonyl (C=O) groups is 4. The Labute approximate surface area is 280 Å². The zero-order valence-corrected chi connectivity index (χ0v) is 29.4. The molecule has 23 heteroatoms. The number of ketones is 1. The fourth-order valence-corrected chi connectivity index (χ4v) is 2.48. The lowest BCUT2D eigenvalue weighted by atomic mass is 10.4. The molecule has 0 unspecified atom stereocenters. The van der Waals surface area contributed by atoms with E-state index in [9.17, 15) is 27.6 Å². The number of ether oxygens (including phenoxy) is 16. The molecule has 0 spiro atoms. The van der Waals surface area contributed by atoms with Crippen molar-refractivity contribution in [3.05, 3.63) is 0 Å². The predicted molar refractivity (Wildman–Crippen MR) is 157 cm³/mol. The smallest absolute Gasteiger partial charge is 0.438 e. The molecule has 0 aliphatic heterocycles. The van der Waals surface area contributed by atoms with E-state index in [0.29, 0.717) is 0 Å². The predicted octanol–water partition coefficient (Wildman–Crippen LogP) is -0.628. The van der Waals surface area contributed by atoms with Crippen molar-refractivity contribution >= 4 is 33.7 Å². The van der Waals surface area contributed by atoms with E-state index in [1.54, 1.807) is 0 Å². The summed E-state index contributed by atoms with van der Waals surface area (Å²) in [4.78, 5) is 42.7. The highest BCUT2D eigenvalue weighted by molar-refractivity contribution is 7.91. The molecule has 22 nitrogen and oxygen atoms in total. The quantitative estimate of drug-likeness (QED) is 0.0353. The molecular weight excluding hydrogens is 684 g/mol. The van der Waals surface area contributed by atoms with Crippen molar-refractivity contribution in [2.75, 3.05) is 136 Å². The van der Waals surface area contributed by atoms with Crippen LogP contribution in [0.3, 0.4) is 0 Å². The molecule has 0 aromatic rings. The highest BCUT2D eigenvalue weighted by Crippen LogP contribution is 1.93. The fourth-order valence-electron chi connectivity index (χ4n) is 1.77. The second-order valence-electron chi connectivity index (χ2n) is 7.62. The minimum atomic E-state index is -3.33. The van der Waals surface area contributed by atoms with Crippen LogP contribution in [0, 0.1) is 0 Å². The summed E-state index contributed by atoms with van der Waals surface area (Å²) in [6.07, 6.45) is -1.24. The second-order valence-corrected chi connectivity index (χ2v) is 9.58. The summed E-state index contributed by atoms with van der Waals surface area (Å²) in [5.41, 5.74) is 0. The lowest BCUT2D eigenvalue weighted by molar-refractivity contribution is -0.165. The van der Waals surface area contributed by atoms with Crippen molar-refractivity contribution in [1.82, 2.24) is 0 Å². The molecular formula is C25H50O22S. The summed E-state index contributed by atoms with van der Waals surface area (Å²) in [7, 11) is 8.03. The average Bonchev–Trinajstić information content (AvgIpc) is 3.05. The van der Waals surface area contributed by atoms with Crippen LogP contribution in [-0.4, -0.2) is 169 Å². The molecule has 0 amide bonds. The fraction of sp³-hybridized carbons (Fsp3) is 0.840. The zero-order valence-electron chi connectivity index (χ0n) is 28.6. The first-order valence-electron chi connectivity index (χ1n) is 13.0. The van der Waals surface area contributed by atoms with E-state index in [-0.39, 0.29) is 73.3 Å². The third kappa shape index (κ3) is 50.2. The van der Waals surface area contributed by atoms with Crippen LogP contribution < -0.4 is 0 Å². The van der Waals surface area contributed by atoms with Crippen LogP contribution in [0.4, 0.5) is 4.79 Å². The lowest BCUT2D eigenvalue weighted by Gasteiger charge is -2.05. The largest absolute Gasteiger partial charge is 0.512 e. The van der Waals surface area contributed by atoms with Crippen molar-refractivity contribution in [3.8, 4) is 0 Å². The van der Waals surface area contributed by atoms with Crippen molar-refractivity contribution < 1.29 is 103 Å². The molecule has 0 aliphatic rings. The van der Waals surface area contributed by atoms with Gasteiger partial charge in [-0.3, -0.25) is 14.4 Å². The van der Waals surface area contributed by atoms with E-state index in [1.807, 2.05) is 0 Å². The van der Waals surface area contributed by atoms with E-state index < -0.39 is 46.2 Å². The first-order valence-corrected chi connectivity index (χ1v) is 14.8. The number of rotatable bonds is 26. The summed E-state index contributed by atoms with van der Waals surface area (Å²) >= 11 is 0. The molecule has 0 aromatic heterocycles. The Bertz CT molecular complexity index is 784. The number of carbonyl (C=O) groups excluding carboxylic acids is 4. The van der Waals surface area contributed by atoms with Gasteiger partial charge in [0.15, 0.2) is 54.7 Å². The van der Waals surface area contributed by atoms with Crippen LogP contribution in [-0.2, 0) is 100 Å². The van der Waals surface area contributed by atoms with Crippen molar-refractivity contribution in [2.24, 2.45) is 0 Å². The summed E-state index contributed by atoms with van der Waals surface area (Å²) in [6, 6.07) is 0. The SMILES string of the molecule is COCOC(=O)CC(=O)OCOC.COCOC(=O)OCOC.COCOCC(=O)COCOC.COCOCS(=O)(=O)COCOC. The Balaban J connectivity index is -0.000000270. The van der Waals surface area contributed by atoms with Crippen LogP contribution in [0.1, 0.15) is 6.42 Å². The number of esters is 2. The molecule has 0 rings (SSSR count). The van der Waals surface area contributed by atoms with Gasteiger partial charge in [0, 0.05) is 56.9 Å². The third-order valence-corrected chi connectivity index (χ3v) is 4.46. The normalized spacial score (nSPS) is 10.2. The van der Waals surface area contributed by atoms with Crippen LogP contribution in [0.15, 0.2) is 0 Å². The summed E-state index contributed by atoms with van der Waals surface area (Å²) in [5, 5.41) is 0. The maximum Gasteiger partial charge on any atom is 0.512 e. The molecule has 0 bridgehead atoms. The molecule has 0 heterocycles. The molecule has 0 fully saturated rings. The number of sulfone groups is 1. The van der Waals surface area contributed by atoms with E-state index in [2.05, 4.69) is 66.3 Å². The van der Waals surface area contributed by atoms with Crippen LogP contribution in [0.25, 0.3) is 0 Å². The Kier molecular flexibility index (Phi) is 46.1. The van der Waals surface area contributed by atoms with Gasteiger partial charge in [-0.05, 0) is 0 Å². The highest BCUT2D eigenvalue weighted by atomic mass is 32.2. The zero-order chi connectivity index (χ0) is 37.3. The molecule has 0 N–H and O–H groups in total. The van der Waals surface area contributed by atoms with Gasteiger partial charge in [0.2, 0.25) is 0 Å². The number of hydrogen-bond acceptors (Lipinski definition) is 22. The van der Waals surface area contributed by atoms with E-state index in [0.717, 1.165) is 0 Å². The molecule has 48 heavy (non-hydrogen) atoms.